The van der Waals surface area contributed by atoms with Gasteiger partial charge >= 0.3 is 6.18 Å². The summed E-state index contributed by atoms with van der Waals surface area (Å²) in [4.78, 5) is 0. The molecule has 102 valence electrons. The van der Waals surface area contributed by atoms with Gasteiger partial charge in [-0.25, -0.2) is 0 Å². The summed E-state index contributed by atoms with van der Waals surface area (Å²) in [6.45, 7) is 2.16. The second kappa shape index (κ2) is 7.34. The molecule has 0 aliphatic carbocycles. The Balaban J connectivity index is 2.27. The maximum atomic E-state index is 12.2. The third kappa shape index (κ3) is 5.47. The second-order valence-electron chi connectivity index (χ2n) is 4.43. The highest BCUT2D eigenvalue weighted by atomic mass is 19.4. The molecule has 18 heavy (non-hydrogen) atoms. The fourth-order valence-corrected chi connectivity index (χ4v) is 1.73. The van der Waals surface area contributed by atoms with E-state index in [4.69, 9.17) is 0 Å². The molecule has 0 fully saturated rings. The van der Waals surface area contributed by atoms with Crippen LogP contribution >= 0.6 is 0 Å². The minimum absolute atomic E-state index is 0.637. The van der Waals surface area contributed by atoms with Crippen LogP contribution in [0.5, 0.6) is 0 Å². The molecule has 1 aromatic heterocycles. The predicted octanol–water partition coefficient (Wildman–Crippen LogP) is 4.40. The summed E-state index contributed by atoms with van der Waals surface area (Å²) in [7, 11) is 0. The van der Waals surface area contributed by atoms with E-state index in [1.807, 2.05) is 0 Å². The molecule has 0 radical (unpaired) electrons. The number of halogens is 3. The number of aromatic nitrogens is 2. The van der Waals surface area contributed by atoms with Gasteiger partial charge in [0.05, 0.1) is 5.69 Å². The first-order valence-electron chi connectivity index (χ1n) is 6.44. The number of aryl methyl sites for hydroxylation is 1. The molecule has 0 aliphatic rings. The van der Waals surface area contributed by atoms with Crippen molar-refractivity contribution >= 4 is 0 Å². The molecule has 0 N–H and O–H groups in total. The van der Waals surface area contributed by atoms with Crippen molar-refractivity contribution < 1.29 is 13.2 Å². The Bertz CT molecular complexity index is 333. The monoisotopic (exact) mass is 260 g/mol. The lowest BCUT2D eigenvalue weighted by molar-refractivity contribution is -0.141. The van der Waals surface area contributed by atoms with Gasteiger partial charge in [0.15, 0.2) is 5.69 Å². The van der Waals surface area contributed by atoms with Crippen molar-refractivity contribution in [2.24, 2.45) is 0 Å². The largest absolute Gasteiger partial charge is 0.435 e. The van der Waals surface area contributed by atoms with Gasteiger partial charge in [0.25, 0.3) is 0 Å². The number of alkyl halides is 3. The second-order valence-corrected chi connectivity index (χ2v) is 4.43. The Labute approximate surface area is 106 Å². The first-order valence-corrected chi connectivity index (χ1v) is 6.44. The molecule has 1 heterocycles. The number of rotatable bonds is 7. The highest BCUT2D eigenvalue weighted by molar-refractivity contribution is 5.09. The van der Waals surface area contributed by atoms with Crippen molar-refractivity contribution in [1.82, 2.24) is 10.2 Å². The SMILES string of the molecule is CCCCCCCCc1ccc(C(F)(F)F)nn1. The van der Waals surface area contributed by atoms with E-state index in [9.17, 15) is 13.2 Å². The molecule has 0 spiro atoms. The normalized spacial score (nSPS) is 11.8. The summed E-state index contributed by atoms with van der Waals surface area (Å²) in [5.41, 5.74) is -0.285. The van der Waals surface area contributed by atoms with Crippen LogP contribution in [0.15, 0.2) is 12.1 Å². The third-order valence-corrected chi connectivity index (χ3v) is 2.80. The lowest BCUT2D eigenvalue weighted by Gasteiger charge is -2.05. The van der Waals surface area contributed by atoms with Gasteiger partial charge in [-0.05, 0) is 25.0 Å². The minimum Gasteiger partial charge on any atom is -0.164 e. The number of nitrogens with zero attached hydrogens (tertiary/aromatic N) is 2. The summed E-state index contributed by atoms with van der Waals surface area (Å²) >= 11 is 0. The van der Waals surface area contributed by atoms with E-state index in [2.05, 4.69) is 17.1 Å². The highest BCUT2D eigenvalue weighted by Crippen LogP contribution is 2.26. The van der Waals surface area contributed by atoms with Crippen LogP contribution in [-0.2, 0) is 12.6 Å². The lowest BCUT2D eigenvalue weighted by atomic mass is 10.1. The molecule has 0 unspecified atom stereocenters. The summed E-state index contributed by atoms with van der Waals surface area (Å²) in [5.74, 6) is 0. The van der Waals surface area contributed by atoms with Crippen LogP contribution in [0.4, 0.5) is 13.2 Å². The van der Waals surface area contributed by atoms with Crippen LogP contribution in [-0.4, -0.2) is 10.2 Å². The van der Waals surface area contributed by atoms with E-state index in [1.54, 1.807) is 0 Å². The van der Waals surface area contributed by atoms with Gasteiger partial charge in [0.2, 0.25) is 0 Å². The van der Waals surface area contributed by atoms with Gasteiger partial charge in [-0.15, -0.1) is 5.10 Å². The highest BCUT2D eigenvalue weighted by Gasteiger charge is 2.32. The van der Waals surface area contributed by atoms with Gasteiger partial charge in [-0.3, -0.25) is 0 Å². The zero-order chi connectivity index (χ0) is 13.4. The van der Waals surface area contributed by atoms with Crippen LogP contribution in [0.2, 0.25) is 0 Å². The molecule has 1 rings (SSSR count). The fourth-order valence-electron chi connectivity index (χ4n) is 1.73. The van der Waals surface area contributed by atoms with Crippen LogP contribution in [0, 0.1) is 0 Å². The maximum absolute atomic E-state index is 12.2. The van der Waals surface area contributed by atoms with E-state index in [1.165, 1.54) is 31.7 Å². The average Bonchev–Trinajstić information content (AvgIpc) is 2.33. The van der Waals surface area contributed by atoms with Crippen molar-refractivity contribution in [3.8, 4) is 0 Å². The van der Waals surface area contributed by atoms with Gasteiger partial charge < -0.3 is 0 Å². The van der Waals surface area contributed by atoms with E-state index in [0.29, 0.717) is 12.1 Å². The van der Waals surface area contributed by atoms with E-state index >= 15 is 0 Å². The van der Waals surface area contributed by atoms with E-state index < -0.39 is 11.9 Å². The van der Waals surface area contributed by atoms with Crippen LogP contribution in [0.1, 0.15) is 56.8 Å². The molecule has 0 atom stereocenters. The quantitative estimate of drug-likeness (QED) is 0.679. The summed E-state index contributed by atoms with van der Waals surface area (Å²) in [6.07, 6.45) is 3.25. The maximum Gasteiger partial charge on any atom is 0.435 e. The first kappa shape index (κ1) is 14.9. The van der Waals surface area contributed by atoms with E-state index in [-0.39, 0.29) is 0 Å². The number of hydrogen-bond acceptors (Lipinski definition) is 2. The Kier molecular flexibility index (Phi) is 6.09. The van der Waals surface area contributed by atoms with Crippen molar-refractivity contribution in [3.05, 3.63) is 23.5 Å². The van der Waals surface area contributed by atoms with Gasteiger partial charge in [-0.1, -0.05) is 39.0 Å². The van der Waals surface area contributed by atoms with Crippen molar-refractivity contribution in [2.45, 2.75) is 58.0 Å². The zero-order valence-electron chi connectivity index (χ0n) is 10.6. The molecule has 2 nitrogen and oxygen atoms in total. The van der Waals surface area contributed by atoms with Crippen LogP contribution in [0.3, 0.4) is 0 Å². The molecular weight excluding hydrogens is 241 g/mol. The lowest BCUT2D eigenvalue weighted by Crippen LogP contribution is -2.09. The fraction of sp³-hybridized carbons (Fsp3) is 0.692. The van der Waals surface area contributed by atoms with Crippen LogP contribution < -0.4 is 0 Å². The number of unbranched alkanes of at least 4 members (excludes halogenated alkanes) is 5. The topological polar surface area (TPSA) is 25.8 Å². The smallest absolute Gasteiger partial charge is 0.164 e. The summed E-state index contributed by atoms with van der Waals surface area (Å²) in [5, 5.41) is 6.81. The first-order chi connectivity index (χ1) is 8.54. The molecule has 1 aromatic rings. The summed E-state index contributed by atoms with van der Waals surface area (Å²) < 4.78 is 36.7. The molecule has 0 bridgehead atoms. The van der Waals surface area contributed by atoms with E-state index in [0.717, 1.165) is 18.9 Å². The van der Waals surface area contributed by atoms with Crippen molar-refractivity contribution in [1.29, 1.82) is 0 Å². The molecule has 0 saturated heterocycles. The zero-order valence-corrected chi connectivity index (χ0v) is 10.6. The molecule has 0 saturated carbocycles. The Hall–Kier alpha value is -1.13. The number of hydrogen-bond donors (Lipinski definition) is 0. The third-order valence-electron chi connectivity index (χ3n) is 2.80. The predicted molar refractivity (Wildman–Crippen MR) is 64.1 cm³/mol. The molecule has 0 aliphatic heterocycles. The molecule has 0 amide bonds. The molecule has 5 heteroatoms. The van der Waals surface area contributed by atoms with Gasteiger partial charge in [0.1, 0.15) is 0 Å². The minimum atomic E-state index is -4.40. The molecule has 0 aromatic carbocycles. The van der Waals surface area contributed by atoms with Crippen LogP contribution in [0.25, 0.3) is 0 Å². The Morgan fingerprint density at radius 1 is 0.944 bits per heavy atom. The molecular formula is C13H19F3N2. The Morgan fingerprint density at radius 2 is 1.61 bits per heavy atom. The summed E-state index contributed by atoms with van der Waals surface area (Å²) in [6, 6.07) is 2.42. The average molecular weight is 260 g/mol. The standard InChI is InChI=1S/C13H19F3N2/c1-2-3-4-5-6-7-8-11-9-10-12(18-17-11)13(14,15)16/h9-10H,2-8H2,1H3. The van der Waals surface area contributed by atoms with Gasteiger partial charge in [-0.2, -0.15) is 18.3 Å². The Morgan fingerprint density at radius 3 is 2.17 bits per heavy atom. The van der Waals surface area contributed by atoms with Crippen molar-refractivity contribution in [3.63, 3.8) is 0 Å². The van der Waals surface area contributed by atoms with Crippen molar-refractivity contribution in [2.75, 3.05) is 0 Å². The van der Waals surface area contributed by atoms with Gasteiger partial charge in [0, 0.05) is 0 Å².